The van der Waals surface area contributed by atoms with Crippen molar-refractivity contribution in [1.82, 2.24) is 14.5 Å². The summed E-state index contributed by atoms with van der Waals surface area (Å²) in [7, 11) is 0. The first-order valence-corrected chi connectivity index (χ1v) is 11.3. The van der Waals surface area contributed by atoms with Crippen molar-refractivity contribution in [2.24, 2.45) is 0 Å². The van der Waals surface area contributed by atoms with Crippen LogP contribution in [0.4, 0.5) is 0 Å². The second kappa shape index (κ2) is 5.56. The van der Waals surface area contributed by atoms with E-state index in [-0.39, 0.29) is 12.3 Å². The molecule has 0 spiro atoms. The third-order valence-electron chi connectivity index (χ3n) is 7.98. The average molecular weight is 439 g/mol. The third-order valence-corrected chi connectivity index (χ3v) is 7.98. The van der Waals surface area contributed by atoms with Crippen LogP contribution in [0.2, 0.25) is 0 Å². The monoisotopic (exact) mass is 439 g/mol. The molecule has 7 nitrogen and oxygen atoms in total. The minimum atomic E-state index is -1.21. The van der Waals surface area contributed by atoms with Crippen LogP contribution in [-0.4, -0.2) is 37.5 Å². The number of amides is 1. The van der Waals surface area contributed by atoms with Gasteiger partial charge in [0.05, 0.1) is 33.7 Å². The molecule has 8 rings (SSSR count). The molecule has 5 heterocycles. The Morgan fingerprint density at radius 1 is 1.00 bits per heavy atom. The molecule has 0 radical (unpaired) electrons. The molecule has 5 aromatic rings. The van der Waals surface area contributed by atoms with E-state index in [1.54, 1.807) is 0 Å². The number of carbonyl (C=O) groups excluding carboxylic acids is 1. The van der Waals surface area contributed by atoms with Crippen molar-refractivity contribution >= 4 is 49.5 Å². The fraction of sp³-hybridized carbons (Fsp3) is 0.269. The highest BCUT2D eigenvalue weighted by Crippen LogP contribution is 2.53. The molecule has 1 saturated heterocycles. The largest absolute Gasteiger partial charge is 0.390 e. The Hall–Kier alpha value is -3.39. The van der Waals surface area contributed by atoms with Gasteiger partial charge in [-0.25, -0.2) is 0 Å². The summed E-state index contributed by atoms with van der Waals surface area (Å²) in [5, 5.41) is 29.2. The molecular formula is C26H21N3O4. The first-order valence-electron chi connectivity index (χ1n) is 11.3. The number of hydrogen-bond donors (Lipinski definition) is 3. The van der Waals surface area contributed by atoms with Gasteiger partial charge in [-0.1, -0.05) is 36.4 Å². The standard InChI is InChI=1S/C26H21N3O4/c1-26-24(31)17(30)10-18(33-26)28-15-8-4-2-6-12(15)19-14-11-27-25(32)21(14)20-13-7-3-5-9-16(13)29(26)23(20)22(19)28/h2-9,17-18,24,30-31H,10-11H2,1H3,(H,27,32)/t17-,18+,24+,26-/m0/s1. The molecule has 1 fully saturated rings. The summed E-state index contributed by atoms with van der Waals surface area (Å²) in [5.41, 5.74) is 4.23. The van der Waals surface area contributed by atoms with Gasteiger partial charge in [-0.15, -0.1) is 0 Å². The van der Waals surface area contributed by atoms with Crippen molar-refractivity contribution < 1.29 is 19.7 Å². The van der Waals surface area contributed by atoms with Crippen LogP contribution < -0.4 is 5.32 Å². The lowest BCUT2D eigenvalue weighted by Gasteiger charge is -2.45. The van der Waals surface area contributed by atoms with Gasteiger partial charge in [0.15, 0.2) is 5.72 Å². The molecule has 164 valence electrons. The molecule has 3 aliphatic rings. The summed E-state index contributed by atoms with van der Waals surface area (Å²) in [4.78, 5) is 13.2. The fourth-order valence-corrected chi connectivity index (χ4v) is 6.67. The maximum absolute atomic E-state index is 13.2. The van der Waals surface area contributed by atoms with Gasteiger partial charge in [0.1, 0.15) is 12.3 Å². The fourth-order valence-electron chi connectivity index (χ4n) is 6.67. The SMILES string of the molecule is C[C@]12O[C@H](C[C@H](O)[C@H]1O)n1c3ccccc3c3c4c(c5c6ccccc6n2c5c31)C(=O)NC4. The van der Waals surface area contributed by atoms with E-state index in [1.807, 2.05) is 47.9 Å². The van der Waals surface area contributed by atoms with E-state index in [2.05, 4.69) is 22.0 Å². The molecular weight excluding hydrogens is 418 g/mol. The molecule has 4 atom stereocenters. The van der Waals surface area contributed by atoms with Gasteiger partial charge < -0.3 is 29.4 Å². The van der Waals surface area contributed by atoms with Crippen molar-refractivity contribution in [1.29, 1.82) is 0 Å². The number of nitrogens with zero attached hydrogens (tertiary/aromatic N) is 2. The lowest BCUT2D eigenvalue weighted by atomic mass is 9.95. The number of rotatable bonds is 0. The second-order valence-corrected chi connectivity index (χ2v) is 9.60. The minimum Gasteiger partial charge on any atom is -0.390 e. The number of para-hydroxylation sites is 2. The Labute approximate surface area is 187 Å². The van der Waals surface area contributed by atoms with E-state index >= 15 is 0 Å². The summed E-state index contributed by atoms with van der Waals surface area (Å²) < 4.78 is 10.9. The predicted octanol–water partition coefficient (Wildman–Crippen LogP) is 3.47. The molecule has 0 saturated carbocycles. The van der Waals surface area contributed by atoms with Crippen LogP contribution in [0, 0.1) is 0 Å². The van der Waals surface area contributed by atoms with E-state index in [0.29, 0.717) is 12.1 Å². The Balaban J connectivity index is 1.77. The van der Waals surface area contributed by atoms with Crippen LogP contribution >= 0.6 is 0 Å². The number of aliphatic hydroxyl groups is 2. The summed E-state index contributed by atoms with van der Waals surface area (Å²) in [6, 6.07) is 16.1. The highest BCUT2D eigenvalue weighted by molar-refractivity contribution is 6.31. The number of ether oxygens (including phenoxy) is 1. The van der Waals surface area contributed by atoms with Crippen molar-refractivity contribution in [3.63, 3.8) is 0 Å². The molecule has 2 aromatic heterocycles. The average Bonchev–Trinajstić information content (AvgIpc) is 3.45. The van der Waals surface area contributed by atoms with E-state index in [1.165, 1.54) is 0 Å². The van der Waals surface area contributed by atoms with Crippen molar-refractivity contribution in [2.45, 2.75) is 44.1 Å². The first-order chi connectivity index (χ1) is 16.0. The van der Waals surface area contributed by atoms with E-state index < -0.39 is 24.2 Å². The van der Waals surface area contributed by atoms with Gasteiger partial charge >= 0.3 is 0 Å². The van der Waals surface area contributed by atoms with Crippen LogP contribution in [0.25, 0.3) is 43.6 Å². The molecule has 3 N–H and O–H groups in total. The van der Waals surface area contributed by atoms with Crippen molar-refractivity contribution in [3.05, 3.63) is 59.7 Å². The first kappa shape index (κ1) is 18.1. The number of aliphatic hydroxyl groups excluding tert-OH is 2. The van der Waals surface area contributed by atoms with E-state index in [4.69, 9.17) is 4.74 Å². The topological polar surface area (TPSA) is 88.7 Å². The van der Waals surface area contributed by atoms with Gasteiger partial charge in [-0.3, -0.25) is 4.79 Å². The number of hydrogen-bond acceptors (Lipinski definition) is 4. The van der Waals surface area contributed by atoms with Crippen LogP contribution in [0.15, 0.2) is 48.5 Å². The summed E-state index contributed by atoms with van der Waals surface area (Å²) in [5.74, 6) is -0.0782. The van der Waals surface area contributed by atoms with Gasteiger partial charge in [0.2, 0.25) is 0 Å². The predicted molar refractivity (Wildman–Crippen MR) is 124 cm³/mol. The summed E-state index contributed by atoms with van der Waals surface area (Å²) in [6.45, 7) is 2.31. The highest BCUT2D eigenvalue weighted by Gasteiger charge is 2.52. The number of nitrogens with one attached hydrogen (secondary N) is 1. The van der Waals surface area contributed by atoms with Crippen LogP contribution in [0.5, 0.6) is 0 Å². The normalized spacial score (nSPS) is 28.2. The smallest absolute Gasteiger partial charge is 0.252 e. The number of aromatic nitrogens is 2. The summed E-state index contributed by atoms with van der Waals surface area (Å²) >= 11 is 0. The van der Waals surface area contributed by atoms with Gasteiger partial charge in [0, 0.05) is 34.5 Å². The maximum Gasteiger partial charge on any atom is 0.252 e. The zero-order chi connectivity index (χ0) is 22.2. The Bertz CT molecular complexity index is 1710. The van der Waals surface area contributed by atoms with Gasteiger partial charge in [-0.2, -0.15) is 0 Å². The van der Waals surface area contributed by atoms with Crippen molar-refractivity contribution in [3.8, 4) is 0 Å². The molecule has 7 heteroatoms. The zero-order valence-corrected chi connectivity index (χ0v) is 17.9. The molecule has 3 aromatic carbocycles. The zero-order valence-electron chi connectivity index (χ0n) is 17.9. The molecule has 33 heavy (non-hydrogen) atoms. The van der Waals surface area contributed by atoms with Crippen LogP contribution in [0.1, 0.15) is 35.5 Å². The number of carbonyl (C=O) groups is 1. The molecule has 0 unspecified atom stereocenters. The van der Waals surface area contributed by atoms with E-state index in [9.17, 15) is 15.0 Å². The minimum absolute atomic E-state index is 0.0782. The third kappa shape index (κ3) is 1.85. The van der Waals surface area contributed by atoms with E-state index in [0.717, 1.165) is 49.2 Å². The van der Waals surface area contributed by atoms with Crippen LogP contribution in [-0.2, 0) is 17.0 Å². The maximum atomic E-state index is 13.2. The molecule has 2 bridgehead atoms. The quantitative estimate of drug-likeness (QED) is 0.345. The highest BCUT2D eigenvalue weighted by atomic mass is 16.6. The lowest BCUT2D eigenvalue weighted by Crippen LogP contribution is -2.55. The Morgan fingerprint density at radius 3 is 2.48 bits per heavy atom. The van der Waals surface area contributed by atoms with Crippen molar-refractivity contribution in [2.75, 3.05) is 0 Å². The lowest BCUT2D eigenvalue weighted by molar-refractivity contribution is -0.272. The second-order valence-electron chi connectivity index (χ2n) is 9.60. The van der Waals surface area contributed by atoms with Crippen LogP contribution in [0.3, 0.4) is 0 Å². The van der Waals surface area contributed by atoms with Gasteiger partial charge in [0.25, 0.3) is 5.91 Å². The number of fused-ring (bicyclic) bond motifs is 13. The molecule has 3 aliphatic heterocycles. The number of benzene rings is 3. The van der Waals surface area contributed by atoms with Gasteiger partial charge in [-0.05, 0) is 24.6 Å². The Kier molecular flexibility index (Phi) is 3.05. The summed E-state index contributed by atoms with van der Waals surface area (Å²) in [6.07, 6.45) is -2.25. The Morgan fingerprint density at radius 2 is 1.70 bits per heavy atom. The molecule has 1 amide bonds. The molecule has 0 aliphatic carbocycles.